The quantitative estimate of drug-likeness (QED) is 0.710. The molecule has 2 aromatic rings. The van der Waals surface area contributed by atoms with Crippen molar-refractivity contribution in [2.24, 2.45) is 11.1 Å². The van der Waals surface area contributed by atoms with E-state index in [1.165, 1.54) is 32.1 Å². The molecule has 0 saturated heterocycles. The van der Waals surface area contributed by atoms with E-state index in [0.717, 1.165) is 16.9 Å². The second-order valence-corrected chi connectivity index (χ2v) is 8.66. The van der Waals surface area contributed by atoms with Crippen LogP contribution >= 0.6 is 0 Å². The van der Waals surface area contributed by atoms with Crippen LogP contribution in [0.2, 0.25) is 0 Å². The molecule has 27 heavy (non-hydrogen) atoms. The molecule has 4 nitrogen and oxygen atoms in total. The van der Waals surface area contributed by atoms with Crippen LogP contribution in [0.25, 0.3) is 11.0 Å². The lowest BCUT2D eigenvalue weighted by Crippen LogP contribution is -2.17. The van der Waals surface area contributed by atoms with Crippen molar-refractivity contribution >= 4 is 16.9 Å². The van der Waals surface area contributed by atoms with Crippen molar-refractivity contribution in [1.82, 2.24) is 9.55 Å². The molecule has 1 aliphatic carbocycles. The summed E-state index contributed by atoms with van der Waals surface area (Å²) < 4.78 is 2.20. The molecule has 152 valence electrons. The van der Waals surface area contributed by atoms with Gasteiger partial charge < -0.3 is 10.3 Å². The number of carbonyl (C=O) groups is 1. The molecule has 0 unspecified atom stereocenters. The molecule has 1 heterocycles. The van der Waals surface area contributed by atoms with E-state index in [0.29, 0.717) is 24.3 Å². The summed E-state index contributed by atoms with van der Waals surface area (Å²) in [6, 6.07) is 8.16. The highest BCUT2D eigenvalue weighted by molar-refractivity contribution is 5.77. The number of amides is 1. The second-order valence-electron chi connectivity index (χ2n) is 8.66. The van der Waals surface area contributed by atoms with E-state index in [9.17, 15) is 4.79 Å². The highest BCUT2D eigenvalue weighted by Crippen LogP contribution is 2.33. The molecule has 0 bridgehead atoms. The van der Waals surface area contributed by atoms with E-state index >= 15 is 0 Å². The first-order chi connectivity index (χ1) is 12.8. The molecule has 2 N–H and O–H groups in total. The largest absolute Gasteiger partial charge is 0.370 e. The van der Waals surface area contributed by atoms with Gasteiger partial charge in [-0.05, 0) is 30.4 Å². The highest BCUT2D eigenvalue weighted by atomic mass is 16.1. The van der Waals surface area contributed by atoms with E-state index in [4.69, 9.17) is 10.7 Å². The third kappa shape index (κ3) is 8.15. The van der Waals surface area contributed by atoms with Gasteiger partial charge in [0, 0.05) is 18.9 Å². The van der Waals surface area contributed by atoms with Crippen molar-refractivity contribution in [3.63, 3.8) is 0 Å². The lowest BCUT2D eigenvalue weighted by molar-refractivity contribution is -0.118. The van der Waals surface area contributed by atoms with Crippen LogP contribution in [0.1, 0.15) is 91.8 Å². The van der Waals surface area contributed by atoms with Gasteiger partial charge in [0.15, 0.2) is 0 Å². The Morgan fingerprint density at radius 1 is 1.11 bits per heavy atom. The molecule has 0 aliphatic heterocycles. The van der Waals surface area contributed by atoms with Crippen molar-refractivity contribution < 1.29 is 4.79 Å². The Labute approximate surface area is 165 Å². The van der Waals surface area contributed by atoms with Gasteiger partial charge in [-0.25, -0.2) is 4.98 Å². The summed E-state index contributed by atoms with van der Waals surface area (Å²) in [7, 11) is 0. The number of rotatable bonds is 4. The number of para-hydroxylation sites is 2. The van der Waals surface area contributed by atoms with E-state index in [-0.39, 0.29) is 5.91 Å². The molecule has 1 aromatic carbocycles. The summed E-state index contributed by atoms with van der Waals surface area (Å²) in [5, 5.41) is 0. The lowest BCUT2D eigenvalue weighted by Gasteiger charge is -2.22. The predicted octanol–water partition coefficient (Wildman–Crippen LogP) is 6.04. The van der Waals surface area contributed by atoms with E-state index in [1.54, 1.807) is 0 Å². The zero-order chi connectivity index (χ0) is 20.4. The Morgan fingerprint density at radius 2 is 1.67 bits per heavy atom. The van der Waals surface area contributed by atoms with E-state index in [1.807, 2.05) is 32.0 Å². The maximum atomic E-state index is 11.1. The first-order valence-electron chi connectivity index (χ1n) is 10.5. The molecule has 1 aromatic heterocycles. The zero-order valence-corrected chi connectivity index (χ0v) is 18.2. The fraction of sp³-hybridized carbons (Fsp3) is 0.652. The fourth-order valence-corrected chi connectivity index (χ4v) is 3.22. The van der Waals surface area contributed by atoms with E-state index in [2.05, 4.69) is 38.3 Å². The Morgan fingerprint density at radius 3 is 2.22 bits per heavy atom. The number of carbonyl (C=O) groups excluding carboxylic acids is 1. The smallest absolute Gasteiger partial charge is 0.219 e. The zero-order valence-electron chi connectivity index (χ0n) is 18.2. The summed E-state index contributed by atoms with van der Waals surface area (Å²) in [6.45, 7) is 13.4. The van der Waals surface area contributed by atoms with Crippen LogP contribution in [0.4, 0.5) is 0 Å². The summed E-state index contributed by atoms with van der Waals surface area (Å²) in [5.41, 5.74) is 7.95. The average Bonchev–Trinajstić information content (AvgIpc) is 3.00. The van der Waals surface area contributed by atoms with Crippen LogP contribution in [0, 0.1) is 5.41 Å². The topological polar surface area (TPSA) is 60.9 Å². The molecule has 0 radical (unpaired) electrons. The third-order valence-corrected chi connectivity index (χ3v) is 4.24. The van der Waals surface area contributed by atoms with Crippen LogP contribution in [0.15, 0.2) is 24.3 Å². The molecule has 0 atom stereocenters. The number of hydrogen-bond donors (Lipinski definition) is 1. The molecule has 3 rings (SSSR count). The van der Waals surface area contributed by atoms with Crippen molar-refractivity contribution in [3.05, 3.63) is 30.1 Å². The minimum Gasteiger partial charge on any atom is -0.370 e. The van der Waals surface area contributed by atoms with Gasteiger partial charge in [-0.1, -0.05) is 72.9 Å². The molecule has 4 heteroatoms. The predicted molar refractivity (Wildman–Crippen MR) is 116 cm³/mol. The van der Waals surface area contributed by atoms with Crippen LogP contribution in [0.5, 0.6) is 0 Å². The van der Waals surface area contributed by atoms with Gasteiger partial charge in [-0.15, -0.1) is 0 Å². The Hall–Kier alpha value is -1.84. The SMILES string of the molecule is CC.CC(C)(C)C.NC(=O)CCn1c(C2CCCCC2)nc2ccccc21. The number of aryl methyl sites for hydroxylation is 1. The van der Waals surface area contributed by atoms with Crippen molar-refractivity contribution in [2.45, 2.75) is 92.5 Å². The Kier molecular flexibility index (Phi) is 9.54. The number of benzene rings is 1. The minimum atomic E-state index is -0.252. The van der Waals surface area contributed by atoms with Gasteiger partial charge >= 0.3 is 0 Å². The van der Waals surface area contributed by atoms with Gasteiger partial charge in [0.2, 0.25) is 5.91 Å². The van der Waals surface area contributed by atoms with Crippen molar-refractivity contribution in [2.75, 3.05) is 0 Å². The maximum Gasteiger partial charge on any atom is 0.219 e. The maximum absolute atomic E-state index is 11.1. The van der Waals surface area contributed by atoms with Gasteiger partial charge in [-0.3, -0.25) is 4.79 Å². The molecule has 1 fully saturated rings. The first kappa shape index (κ1) is 23.2. The summed E-state index contributed by atoms with van der Waals surface area (Å²) in [4.78, 5) is 15.9. The number of aromatic nitrogens is 2. The lowest BCUT2D eigenvalue weighted by atomic mass is 9.88. The van der Waals surface area contributed by atoms with E-state index < -0.39 is 0 Å². The Balaban J connectivity index is 0.000000454. The van der Waals surface area contributed by atoms with Crippen LogP contribution in [-0.2, 0) is 11.3 Å². The Bertz CT molecular complexity index is 685. The first-order valence-corrected chi connectivity index (χ1v) is 10.5. The van der Waals surface area contributed by atoms with Gasteiger partial charge in [0.05, 0.1) is 11.0 Å². The fourth-order valence-electron chi connectivity index (χ4n) is 3.22. The number of nitrogens with zero attached hydrogens (tertiary/aromatic N) is 2. The molecule has 1 aliphatic rings. The monoisotopic (exact) mass is 373 g/mol. The number of imidazole rings is 1. The van der Waals surface area contributed by atoms with Crippen molar-refractivity contribution in [3.8, 4) is 0 Å². The van der Waals surface area contributed by atoms with Crippen LogP contribution in [0.3, 0.4) is 0 Å². The number of hydrogen-bond acceptors (Lipinski definition) is 2. The number of nitrogens with two attached hydrogens (primary N) is 1. The molecule has 0 spiro atoms. The average molecular weight is 374 g/mol. The van der Waals surface area contributed by atoms with Gasteiger partial charge in [0.25, 0.3) is 0 Å². The normalized spacial score (nSPS) is 14.7. The minimum absolute atomic E-state index is 0.252. The molecular formula is C23H39N3O. The third-order valence-electron chi connectivity index (χ3n) is 4.24. The highest BCUT2D eigenvalue weighted by Gasteiger charge is 2.22. The van der Waals surface area contributed by atoms with Crippen molar-refractivity contribution in [1.29, 1.82) is 0 Å². The van der Waals surface area contributed by atoms with Crippen LogP contribution < -0.4 is 5.73 Å². The van der Waals surface area contributed by atoms with Crippen LogP contribution in [-0.4, -0.2) is 15.5 Å². The summed E-state index contributed by atoms with van der Waals surface area (Å²) >= 11 is 0. The summed E-state index contributed by atoms with van der Waals surface area (Å²) in [6.07, 6.45) is 6.69. The summed E-state index contributed by atoms with van der Waals surface area (Å²) in [5.74, 6) is 1.42. The van der Waals surface area contributed by atoms with Gasteiger partial charge in [0.1, 0.15) is 5.82 Å². The van der Waals surface area contributed by atoms with Gasteiger partial charge in [-0.2, -0.15) is 0 Å². The molecular weight excluding hydrogens is 334 g/mol. The standard InChI is InChI=1S/C16H21N3O.C5H12.C2H6/c17-15(20)10-11-19-14-9-5-4-8-13(14)18-16(19)12-6-2-1-3-7-12;1-5(2,3)4;1-2/h4-5,8-9,12H,1-3,6-7,10-11H2,(H2,17,20);1-4H3;1-2H3. The molecule has 1 amide bonds. The molecule has 1 saturated carbocycles. The number of primary amides is 1. The second kappa shape index (κ2) is 11.1. The number of fused-ring (bicyclic) bond motifs is 1.